The number of aromatic amines is 1. The number of hydrogen-bond acceptors (Lipinski definition) is 9. The van der Waals surface area contributed by atoms with Gasteiger partial charge in [-0.05, 0) is 31.0 Å². The Kier molecular flexibility index (Phi) is 10.4. The molecule has 1 aliphatic heterocycles. The smallest absolute Gasteiger partial charge is 0.328 e. The van der Waals surface area contributed by atoms with Crippen molar-refractivity contribution in [1.29, 1.82) is 0 Å². The van der Waals surface area contributed by atoms with E-state index in [2.05, 4.69) is 15.6 Å². The Balaban J connectivity index is 1.51. The average Bonchev–Trinajstić information content (AvgIpc) is 3.49. The van der Waals surface area contributed by atoms with Gasteiger partial charge in [-0.3, -0.25) is 28.7 Å². The van der Waals surface area contributed by atoms with Gasteiger partial charge in [0.05, 0.1) is 26.2 Å². The number of methoxy groups -OCH3 is 1. The minimum Gasteiger partial charge on any atom is -0.493 e. The van der Waals surface area contributed by atoms with Crippen molar-refractivity contribution in [3.8, 4) is 22.9 Å². The Bertz CT molecular complexity index is 1910. The number of carbonyl (C=O) groups excluding carboxylic acids is 3. The molecule has 48 heavy (non-hydrogen) atoms. The molecule has 15 nitrogen and oxygen atoms in total. The van der Waals surface area contributed by atoms with Gasteiger partial charge in [0.15, 0.2) is 23.1 Å². The number of fused-ring (bicyclic) bond motifs is 3. The molecule has 252 valence electrons. The molecule has 4 aromatic rings. The molecule has 0 aliphatic carbocycles. The first-order valence-corrected chi connectivity index (χ1v) is 15.5. The molecule has 0 fully saturated rings. The van der Waals surface area contributed by atoms with Crippen molar-refractivity contribution in [2.45, 2.75) is 39.9 Å². The van der Waals surface area contributed by atoms with Gasteiger partial charge < -0.3 is 25.0 Å². The van der Waals surface area contributed by atoms with Gasteiger partial charge in [-0.1, -0.05) is 44.2 Å². The Morgan fingerprint density at radius 3 is 2.56 bits per heavy atom. The van der Waals surface area contributed by atoms with Crippen LogP contribution < -0.4 is 31.4 Å². The van der Waals surface area contributed by atoms with Gasteiger partial charge in [0, 0.05) is 36.0 Å². The zero-order chi connectivity index (χ0) is 34.4. The normalized spacial score (nSPS) is 15.9. The third kappa shape index (κ3) is 7.79. The second-order valence-corrected chi connectivity index (χ2v) is 11.7. The number of ether oxygens (including phenoxy) is 2. The number of nitrogens with one attached hydrogen (secondary N) is 3. The molecule has 1 aliphatic rings. The molecule has 0 unspecified atom stereocenters. The maximum Gasteiger partial charge on any atom is 0.328 e. The van der Waals surface area contributed by atoms with Crippen molar-refractivity contribution in [3.63, 3.8) is 0 Å². The molecule has 2 aromatic heterocycles. The average molecular weight is 659 g/mol. The summed E-state index contributed by atoms with van der Waals surface area (Å²) in [5.41, 5.74) is 0.0284. The Labute approximate surface area is 275 Å². The number of nitrogens with zero attached hydrogens (tertiary/aromatic N) is 5. The van der Waals surface area contributed by atoms with Gasteiger partial charge in [-0.25, -0.2) is 14.5 Å². The molecule has 15 heteroatoms. The molecule has 2 bridgehead atoms. The monoisotopic (exact) mass is 658 g/mol. The topological polar surface area (TPSA) is 183 Å². The summed E-state index contributed by atoms with van der Waals surface area (Å²) in [6.45, 7) is 4.94. The lowest BCUT2D eigenvalue weighted by atomic mass is 10.0. The van der Waals surface area contributed by atoms with Crippen molar-refractivity contribution in [2.24, 2.45) is 5.92 Å². The number of hydrogen-bond donors (Lipinski definition) is 3. The lowest BCUT2D eigenvalue weighted by Crippen LogP contribution is -2.47. The summed E-state index contributed by atoms with van der Waals surface area (Å²) in [4.78, 5) is 72.8. The first kappa shape index (κ1) is 33.6. The van der Waals surface area contributed by atoms with Crippen LogP contribution in [0.25, 0.3) is 11.4 Å². The highest BCUT2D eigenvalue weighted by Gasteiger charge is 2.28. The Morgan fingerprint density at radius 2 is 1.83 bits per heavy atom. The minimum atomic E-state index is -0.756. The lowest BCUT2D eigenvalue weighted by molar-refractivity contribution is -0.136. The van der Waals surface area contributed by atoms with Crippen molar-refractivity contribution in [2.75, 3.05) is 33.4 Å². The molecular weight excluding hydrogens is 620 g/mol. The summed E-state index contributed by atoms with van der Waals surface area (Å²) in [7, 11) is 1.50. The van der Waals surface area contributed by atoms with Crippen LogP contribution in [0.5, 0.6) is 11.5 Å². The van der Waals surface area contributed by atoms with Gasteiger partial charge in [0.2, 0.25) is 11.8 Å². The molecule has 3 heterocycles. The van der Waals surface area contributed by atoms with E-state index in [0.717, 1.165) is 10.1 Å². The van der Waals surface area contributed by atoms with Crippen LogP contribution in [-0.4, -0.2) is 80.3 Å². The van der Waals surface area contributed by atoms with Crippen molar-refractivity contribution in [1.82, 2.24) is 39.8 Å². The number of H-pyrrole nitrogens is 1. The lowest BCUT2D eigenvalue weighted by Gasteiger charge is -2.26. The molecule has 0 spiro atoms. The number of amides is 3. The maximum atomic E-state index is 13.6. The summed E-state index contributed by atoms with van der Waals surface area (Å²) in [5, 5.41) is 10.5. The van der Waals surface area contributed by atoms with E-state index in [4.69, 9.17) is 19.6 Å². The van der Waals surface area contributed by atoms with Crippen molar-refractivity contribution < 1.29 is 23.9 Å². The molecule has 5 rings (SSSR count). The summed E-state index contributed by atoms with van der Waals surface area (Å²) in [6, 6.07) is 13.6. The number of benzene rings is 2. The standard InChI is InChI=1S/C33H38N8O7/c1-20(2)28-30-36-29(22-8-6-5-7-9-22)38-41(30)14-15-48-25-16-23(10-11-24(25)47-4)32(45)34-12-13-39(18-26(42)35-28)27(43)19-40-17-21(3)31(44)37-33(40)46/h5-11,16-17,20,28H,12-15,18-19H2,1-4H3,(H,34,45)(H,35,42)(H,37,44,46)/t28-/m1/s1. The highest BCUT2D eigenvalue weighted by Crippen LogP contribution is 2.29. The second-order valence-electron chi connectivity index (χ2n) is 11.7. The second kappa shape index (κ2) is 14.8. The van der Waals surface area contributed by atoms with Gasteiger partial charge in [-0.15, -0.1) is 0 Å². The predicted octanol–water partition coefficient (Wildman–Crippen LogP) is 1.28. The fourth-order valence-electron chi connectivity index (χ4n) is 5.23. The summed E-state index contributed by atoms with van der Waals surface area (Å²) in [6.07, 6.45) is 1.29. The van der Waals surface area contributed by atoms with E-state index in [1.165, 1.54) is 25.1 Å². The van der Waals surface area contributed by atoms with E-state index in [0.29, 0.717) is 28.7 Å². The fourth-order valence-corrected chi connectivity index (χ4v) is 5.23. The van der Waals surface area contributed by atoms with Crippen LogP contribution in [0.15, 0.2) is 64.3 Å². The van der Waals surface area contributed by atoms with Crippen molar-refractivity contribution >= 4 is 17.7 Å². The van der Waals surface area contributed by atoms with E-state index in [9.17, 15) is 24.0 Å². The van der Waals surface area contributed by atoms with Gasteiger partial charge in [0.25, 0.3) is 11.5 Å². The zero-order valence-electron chi connectivity index (χ0n) is 27.2. The fraction of sp³-hybridized carbons (Fsp3) is 0.364. The zero-order valence-corrected chi connectivity index (χ0v) is 27.2. The predicted molar refractivity (Wildman–Crippen MR) is 175 cm³/mol. The van der Waals surface area contributed by atoms with E-state index in [1.54, 1.807) is 22.9 Å². The van der Waals surface area contributed by atoms with Gasteiger partial charge >= 0.3 is 5.69 Å². The van der Waals surface area contributed by atoms with Crippen LogP contribution in [0.1, 0.15) is 41.6 Å². The molecule has 1 atom stereocenters. The Hall–Kier alpha value is -5.73. The van der Waals surface area contributed by atoms with Gasteiger partial charge in [0.1, 0.15) is 13.2 Å². The molecule has 3 amide bonds. The summed E-state index contributed by atoms with van der Waals surface area (Å²) < 4.78 is 14.3. The van der Waals surface area contributed by atoms with Gasteiger partial charge in [-0.2, -0.15) is 5.10 Å². The number of aryl methyl sites for hydroxylation is 1. The maximum absolute atomic E-state index is 13.6. The third-order valence-electron chi connectivity index (χ3n) is 7.83. The highest BCUT2D eigenvalue weighted by molar-refractivity contribution is 5.95. The Morgan fingerprint density at radius 1 is 1.06 bits per heavy atom. The number of carbonyl (C=O) groups is 3. The molecule has 0 radical (unpaired) electrons. The van der Waals surface area contributed by atoms with Crippen LogP contribution in [0.3, 0.4) is 0 Å². The number of aromatic nitrogens is 5. The SMILES string of the molecule is COc1ccc2cc1OCCn1nc(-c3ccccc3)nc1[C@@H](C(C)C)NC(=O)CN(C(=O)Cn1cc(C)c(=O)[nH]c1=O)CCNC2=O. The first-order valence-electron chi connectivity index (χ1n) is 15.5. The van der Waals surface area contributed by atoms with Crippen LogP contribution >= 0.6 is 0 Å². The van der Waals surface area contributed by atoms with Crippen LogP contribution in [0, 0.1) is 12.8 Å². The van der Waals surface area contributed by atoms with E-state index < -0.39 is 41.6 Å². The van der Waals surface area contributed by atoms with E-state index >= 15 is 0 Å². The summed E-state index contributed by atoms with van der Waals surface area (Å²) in [5.74, 6) is 0.142. The molecule has 2 aromatic carbocycles. The van der Waals surface area contributed by atoms with E-state index in [-0.39, 0.29) is 44.3 Å². The molecule has 3 N–H and O–H groups in total. The quantitative estimate of drug-likeness (QED) is 0.284. The number of rotatable bonds is 5. The minimum absolute atomic E-state index is 0.00198. The van der Waals surface area contributed by atoms with Crippen molar-refractivity contribution in [3.05, 3.63) is 92.5 Å². The molecule has 0 saturated heterocycles. The first-order chi connectivity index (χ1) is 23.0. The van der Waals surface area contributed by atoms with Crippen LogP contribution in [0.2, 0.25) is 0 Å². The highest BCUT2D eigenvalue weighted by atomic mass is 16.5. The molecular formula is C33H38N8O7. The molecule has 0 saturated carbocycles. The summed E-state index contributed by atoms with van der Waals surface area (Å²) >= 11 is 0. The van der Waals surface area contributed by atoms with Crippen LogP contribution in [0.4, 0.5) is 0 Å². The third-order valence-corrected chi connectivity index (χ3v) is 7.83. The largest absolute Gasteiger partial charge is 0.493 e. The van der Waals surface area contributed by atoms with Crippen LogP contribution in [-0.2, 0) is 22.7 Å². The van der Waals surface area contributed by atoms with E-state index in [1.807, 2.05) is 44.2 Å².